The summed E-state index contributed by atoms with van der Waals surface area (Å²) in [6.07, 6.45) is -8.23. The number of thioether (sulfide) groups is 1. The summed E-state index contributed by atoms with van der Waals surface area (Å²) >= 11 is 0.957. The van der Waals surface area contributed by atoms with Crippen molar-refractivity contribution in [3.8, 4) is 11.5 Å². The van der Waals surface area contributed by atoms with Crippen LogP contribution in [-0.2, 0) is 19.0 Å². The molecule has 3 rings (SSSR count). The van der Waals surface area contributed by atoms with Crippen molar-refractivity contribution >= 4 is 28.9 Å². The lowest BCUT2D eigenvalue weighted by Crippen LogP contribution is -2.18. The molecule has 12 heteroatoms. The zero-order valence-electron chi connectivity index (χ0n) is 19.4. The maximum atomic E-state index is 13.5. The van der Waals surface area contributed by atoms with E-state index in [0.29, 0.717) is 22.4 Å². The Morgan fingerprint density at radius 1 is 1.00 bits per heavy atom. The SMILES string of the molecule is CN=C1NC(=O)SC1=Cc1ccc(OCc2ccc(C(F)(F)F)cc2C(F)(F)F)c(OCC(C)C)c1. The minimum Gasteiger partial charge on any atom is -0.489 e. The number of nitrogens with one attached hydrogen (secondary N) is 1. The third-order valence-corrected chi connectivity index (χ3v) is 5.66. The van der Waals surface area contributed by atoms with Gasteiger partial charge in [0, 0.05) is 12.6 Å². The Bertz CT molecular complexity index is 1190. The van der Waals surface area contributed by atoms with Gasteiger partial charge in [0.05, 0.1) is 22.6 Å². The molecular formula is C24H22F6N2O3S. The largest absolute Gasteiger partial charge is 0.489 e. The van der Waals surface area contributed by atoms with Crippen molar-refractivity contribution in [1.29, 1.82) is 0 Å². The summed E-state index contributed by atoms with van der Waals surface area (Å²) < 4.78 is 90.6. The van der Waals surface area contributed by atoms with Crippen LogP contribution in [0.15, 0.2) is 46.3 Å². The first-order valence-corrected chi connectivity index (χ1v) is 11.4. The summed E-state index contributed by atoms with van der Waals surface area (Å²) in [4.78, 5) is 16.2. The number of ether oxygens (including phenoxy) is 2. The molecule has 1 saturated heterocycles. The second kappa shape index (κ2) is 10.9. The van der Waals surface area contributed by atoms with Crippen LogP contribution < -0.4 is 14.8 Å². The molecule has 0 aliphatic carbocycles. The molecule has 1 fully saturated rings. The zero-order valence-corrected chi connectivity index (χ0v) is 20.2. The zero-order chi connectivity index (χ0) is 26.7. The number of aliphatic imine (C=N–C) groups is 1. The molecule has 0 radical (unpaired) electrons. The van der Waals surface area contributed by atoms with Gasteiger partial charge in [-0.3, -0.25) is 9.79 Å². The lowest BCUT2D eigenvalue weighted by atomic mass is 10.0. The third kappa shape index (κ3) is 6.96. The number of amidine groups is 1. The normalized spacial score (nSPS) is 16.7. The van der Waals surface area contributed by atoms with Crippen LogP contribution in [-0.4, -0.2) is 24.7 Å². The van der Waals surface area contributed by atoms with Crippen LogP contribution in [0.25, 0.3) is 6.08 Å². The van der Waals surface area contributed by atoms with Crippen molar-refractivity contribution in [2.45, 2.75) is 32.8 Å². The summed E-state index contributed by atoms with van der Waals surface area (Å²) in [6, 6.07) is 6.10. The van der Waals surface area contributed by atoms with E-state index in [2.05, 4.69) is 10.3 Å². The van der Waals surface area contributed by atoms with Crippen LogP contribution in [0.3, 0.4) is 0 Å². The smallest absolute Gasteiger partial charge is 0.416 e. The first-order chi connectivity index (χ1) is 16.8. The number of nitrogens with zero attached hydrogens (tertiary/aromatic N) is 1. The van der Waals surface area contributed by atoms with E-state index in [1.165, 1.54) is 13.1 Å². The highest BCUT2D eigenvalue weighted by atomic mass is 32.2. The van der Waals surface area contributed by atoms with Crippen LogP contribution in [0, 0.1) is 5.92 Å². The van der Waals surface area contributed by atoms with Crippen LogP contribution in [0.2, 0.25) is 0 Å². The number of halogens is 6. The van der Waals surface area contributed by atoms with Crippen LogP contribution >= 0.6 is 11.8 Å². The lowest BCUT2D eigenvalue weighted by molar-refractivity contribution is -0.143. The Balaban J connectivity index is 1.91. The maximum Gasteiger partial charge on any atom is 0.416 e. The average molecular weight is 533 g/mol. The van der Waals surface area contributed by atoms with E-state index in [1.807, 2.05) is 13.8 Å². The van der Waals surface area contributed by atoms with Crippen molar-refractivity contribution in [1.82, 2.24) is 5.32 Å². The Hall–Kier alpha value is -3.15. The number of benzene rings is 2. The highest BCUT2D eigenvalue weighted by molar-refractivity contribution is 8.18. The van der Waals surface area contributed by atoms with Crippen LogP contribution in [0.1, 0.15) is 36.1 Å². The standard InChI is InChI=1S/C24H22F6N2O3S/c1-13(2)11-34-19-8-14(9-20-21(31-3)32-22(33)36-20)4-7-18(19)35-12-15-5-6-16(23(25,26)27)10-17(15)24(28,29)30/h4-10,13H,11-12H2,1-3H3,(H,31,32,33). The Morgan fingerprint density at radius 2 is 1.72 bits per heavy atom. The van der Waals surface area contributed by atoms with E-state index in [0.717, 1.165) is 17.8 Å². The summed E-state index contributed by atoms with van der Waals surface area (Å²) in [5.41, 5.74) is -2.66. The third-order valence-electron chi connectivity index (χ3n) is 4.84. The topological polar surface area (TPSA) is 59.9 Å². The first-order valence-electron chi connectivity index (χ1n) is 10.6. The van der Waals surface area contributed by atoms with Gasteiger partial charge in [-0.25, -0.2) is 0 Å². The molecule has 2 aromatic rings. The fourth-order valence-electron chi connectivity index (χ4n) is 3.15. The van der Waals surface area contributed by atoms with Gasteiger partial charge in [-0.2, -0.15) is 26.3 Å². The van der Waals surface area contributed by atoms with Gasteiger partial charge in [0.2, 0.25) is 0 Å². The monoisotopic (exact) mass is 532 g/mol. The molecule has 1 aliphatic heterocycles. The molecule has 0 bridgehead atoms. The molecule has 1 amide bonds. The fraction of sp³-hybridized carbons (Fsp3) is 0.333. The molecule has 0 atom stereocenters. The van der Waals surface area contributed by atoms with Gasteiger partial charge < -0.3 is 14.8 Å². The van der Waals surface area contributed by atoms with Crippen molar-refractivity contribution in [2.24, 2.45) is 10.9 Å². The summed E-state index contributed by atoms with van der Waals surface area (Å²) in [6.45, 7) is 3.45. The van der Waals surface area contributed by atoms with Gasteiger partial charge in [-0.15, -0.1) is 0 Å². The molecule has 1 aliphatic rings. The predicted molar refractivity (Wildman–Crippen MR) is 125 cm³/mol. The van der Waals surface area contributed by atoms with Crippen molar-refractivity contribution in [3.63, 3.8) is 0 Å². The molecule has 5 nitrogen and oxygen atoms in total. The van der Waals surface area contributed by atoms with Gasteiger partial charge >= 0.3 is 12.4 Å². The van der Waals surface area contributed by atoms with Gasteiger partial charge in [-0.05, 0) is 53.6 Å². The fourth-order valence-corrected chi connectivity index (χ4v) is 3.93. The number of amides is 1. The molecule has 0 spiro atoms. The van der Waals surface area contributed by atoms with Crippen LogP contribution in [0.4, 0.5) is 31.1 Å². The Kier molecular flexibility index (Phi) is 8.27. The van der Waals surface area contributed by atoms with Gasteiger partial charge in [-0.1, -0.05) is 26.0 Å². The molecule has 1 N–H and O–H groups in total. The van der Waals surface area contributed by atoms with E-state index >= 15 is 0 Å². The molecule has 0 unspecified atom stereocenters. The second-order valence-electron chi connectivity index (χ2n) is 8.16. The molecule has 0 saturated carbocycles. The molecule has 36 heavy (non-hydrogen) atoms. The molecular weight excluding hydrogens is 510 g/mol. The van der Waals surface area contributed by atoms with Gasteiger partial charge in [0.1, 0.15) is 12.4 Å². The van der Waals surface area contributed by atoms with Gasteiger partial charge in [0.25, 0.3) is 5.24 Å². The minimum absolute atomic E-state index is 0.0750. The predicted octanol–water partition coefficient (Wildman–Crippen LogP) is 7.16. The first kappa shape index (κ1) is 27.4. The van der Waals surface area contributed by atoms with Crippen molar-refractivity contribution in [2.75, 3.05) is 13.7 Å². The number of hydrogen-bond acceptors (Lipinski definition) is 5. The van der Waals surface area contributed by atoms with Crippen LogP contribution in [0.5, 0.6) is 11.5 Å². The van der Waals surface area contributed by atoms with E-state index in [-0.39, 0.29) is 35.3 Å². The number of rotatable bonds is 7. The number of alkyl halides is 6. The lowest BCUT2D eigenvalue weighted by Gasteiger charge is -2.18. The van der Waals surface area contributed by atoms with E-state index in [9.17, 15) is 31.1 Å². The van der Waals surface area contributed by atoms with Gasteiger partial charge in [0.15, 0.2) is 11.5 Å². The van der Waals surface area contributed by atoms with E-state index in [4.69, 9.17) is 9.47 Å². The van der Waals surface area contributed by atoms with E-state index in [1.54, 1.807) is 18.2 Å². The van der Waals surface area contributed by atoms with Crippen molar-refractivity contribution < 1.29 is 40.6 Å². The summed E-state index contributed by atoms with van der Waals surface area (Å²) in [7, 11) is 1.53. The highest BCUT2D eigenvalue weighted by Gasteiger charge is 2.38. The molecule has 1 heterocycles. The average Bonchev–Trinajstić information content (AvgIpc) is 3.14. The summed E-state index contributed by atoms with van der Waals surface area (Å²) in [5, 5.41) is 2.31. The van der Waals surface area contributed by atoms with E-state index < -0.39 is 35.6 Å². The number of carbonyl (C=O) groups excluding carboxylic acids is 1. The number of carbonyl (C=O) groups is 1. The summed E-state index contributed by atoms with van der Waals surface area (Å²) in [5.74, 6) is 0.869. The Labute approximate surface area is 207 Å². The molecule has 2 aromatic carbocycles. The molecule has 194 valence electrons. The second-order valence-corrected chi connectivity index (χ2v) is 9.18. The quantitative estimate of drug-likeness (QED) is 0.385. The Morgan fingerprint density at radius 3 is 2.33 bits per heavy atom. The minimum atomic E-state index is -5.00. The highest BCUT2D eigenvalue weighted by Crippen LogP contribution is 2.38. The van der Waals surface area contributed by atoms with Crippen molar-refractivity contribution in [3.05, 3.63) is 63.6 Å². The number of hydrogen-bond donors (Lipinski definition) is 1. The molecule has 0 aromatic heterocycles. The maximum absolute atomic E-state index is 13.5.